The molecular weight excluding hydrogens is 204 g/mol. The molecule has 16 heavy (non-hydrogen) atoms. The Kier molecular flexibility index (Phi) is 4.74. The fourth-order valence-electron chi connectivity index (χ4n) is 1.15. The van der Waals surface area contributed by atoms with E-state index in [9.17, 15) is 4.79 Å². The number of esters is 1. The fourth-order valence-corrected chi connectivity index (χ4v) is 1.15. The lowest BCUT2D eigenvalue weighted by atomic mass is 10.1. The van der Waals surface area contributed by atoms with Crippen molar-refractivity contribution in [2.24, 2.45) is 0 Å². The molecule has 4 nitrogen and oxygen atoms in total. The normalized spacial score (nSPS) is 9.19. The summed E-state index contributed by atoms with van der Waals surface area (Å²) in [7, 11) is 0. The monoisotopic (exact) mass is 216 g/mol. The molecule has 0 aliphatic carbocycles. The van der Waals surface area contributed by atoms with Crippen LogP contribution in [0.25, 0.3) is 0 Å². The first-order chi connectivity index (χ1) is 7.74. The first-order valence-corrected chi connectivity index (χ1v) is 4.89. The van der Waals surface area contributed by atoms with Crippen LogP contribution in [0.1, 0.15) is 18.4 Å². The average molecular weight is 216 g/mol. The summed E-state index contributed by atoms with van der Waals surface area (Å²) in [6, 6.07) is 10.9. The summed E-state index contributed by atoms with van der Waals surface area (Å²) in [6.07, 6.45) is 0.125. The predicted octanol–water partition coefficient (Wildman–Crippen LogP) is 1.90. The molecule has 0 spiro atoms. The van der Waals surface area contributed by atoms with E-state index >= 15 is 0 Å². The minimum atomic E-state index is -0.468. The van der Waals surface area contributed by atoms with Crippen LogP contribution in [0.2, 0.25) is 0 Å². The molecule has 1 aromatic carbocycles. The second kappa shape index (κ2) is 6.36. The zero-order valence-corrected chi connectivity index (χ0v) is 8.77. The van der Waals surface area contributed by atoms with Crippen molar-refractivity contribution in [3.63, 3.8) is 0 Å². The van der Waals surface area contributed by atoms with Gasteiger partial charge in [0.05, 0.1) is 18.9 Å². The van der Waals surface area contributed by atoms with Crippen molar-refractivity contribution in [3.05, 3.63) is 35.9 Å². The van der Waals surface area contributed by atoms with Gasteiger partial charge >= 0.3 is 5.97 Å². The third-order valence-electron chi connectivity index (χ3n) is 1.92. The predicted molar refractivity (Wildman–Crippen MR) is 59.1 cm³/mol. The minimum absolute atomic E-state index is 0.0601. The van der Waals surface area contributed by atoms with Gasteiger partial charge in [0.1, 0.15) is 6.61 Å². The van der Waals surface area contributed by atoms with E-state index in [-0.39, 0.29) is 25.2 Å². The molecule has 0 heterocycles. The van der Waals surface area contributed by atoms with Crippen LogP contribution in [0.15, 0.2) is 30.3 Å². The summed E-state index contributed by atoms with van der Waals surface area (Å²) in [4.78, 5) is 11.2. The quantitative estimate of drug-likeness (QED) is 0.464. The molecule has 0 atom stereocenters. The first-order valence-electron chi connectivity index (χ1n) is 4.89. The topological polar surface area (TPSA) is 73.9 Å². The summed E-state index contributed by atoms with van der Waals surface area (Å²) in [5.41, 5.74) is 0.933. The zero-order chi connectivity index (χ0) is 11.8. The van der Waals surface area contributed by atoms with Crippen molar-refractivity contribution in [1.82, 2.24) is 0 Å². The lowest BCUT2D eigenvalue weighted by Gasteiger charge is -2.04. The van der Waals surface area contributed by atoms with Crippen molar-refractivity contribution >= 4 is 11.7 Å². The van der Waals surface area contributed by atoms with Crippen molar-refractivity contribution in [2.75, 3.05) is 6.61 Å². The van der Waals surface area contributed by atoms with E-state index in [0.717, 1.165) is 0 Å². The molecule has 0 bridgehead atoms. The molecule has 0 saturated heterocycles. The molecule has 0 radical (unpaired) electrons. The Bertz CT molecular complexity index is 407. The van der Waals surface area contributed by atoms with Crippen LogP contribution in [0.3, 0.4) is 0 Å². The maximum atomic E-state index is 11.2. The molecule has 4 heteroatoms. The highest BCUT2D eigenvalue weighted by Crippen LogP contribution is 2.03. The van der Waals surface area contributed by atoms with Crippen LogP contribution in [0.5, 0.6) is 0 Å². The Morgan fingerprint density at radius 3 is 2.69 bits per heavy atom. The van der Waals surface area contributed by atoms with Gasteiger partial charge in [0.15, 0.2) is 0 Å². The van der Waals surface area contributed by atoms with Gasteiger partial charge in [-0.15, -0.1) is 0 Å². The van der Waals surface area contributed by atoms with E-state index in [2.05, 4.69) is 0 Å². The molecule has 0 unspecified atom stereocenters. The Balaban J connectivity index is 2.41. The van der Waals surface area contributed by atoms with Gasteiger partial charge in [-0.1, -0.05) is 30.3 Å². The summed E-state index contributed by atoms with van der Waals surface area (Å²) < 4.78 is 4.77. The van der Waals surface area contributed by atoms with E-state index in [1.807, 2.05) is 24.3 Å². The van der Waals surface area contributed by atoms with E-state index < -0.39 is 5.97 Å². The van der Waals surface area contributed by atoms with E-state index in [4.69, 9.17) is 15.4 Å². The van der Waals surface area contributed by atoms with E-state index in [0.29, 0.717) is 5.56 Å². The van der Waals surface area contributed by atoms with Crippen molar-refractivity contribution < 1.29 is 9.53 Å². The third-order valence-corrected chi connectivity index (χ3v) is 1.92. The number of nitrogens with one attached hydrogen (secondary N) is 1. The van der Waals surface area contributed by atoms with E-state index in [1.165, 1.54) is 0 Å². The SMILES string of the molecule is N#CCCOC(=O)CC(=N)c1ccccc1. The number of nitrogens with zero attached hydrogens (tertiary/aromatic N) is 1. The number of nitriles is 1. The second-order valence-electron chi connectivity index (χ2n) is 3.15. The summed E-state index contributed by atoms with van der Waals surface area (Å²) in [5, 5.41) is 15.9. The lowest BCUT2D eigenvalue weighted by molar-refractivity contribution is -0.141. The smallest absolute Gasteiger partial charge is 0.311 e. The minimum Gasteiger partial charge on any atom is -0.464 e. The molecule has 0 fully saturated rings. The van der Waals surface area contributed by atoms with Gasteiger partial charge in [0.25, 0.3) is 0 Å². The number of hydrogen-bond acceptors (Lipinski definition) is 4. The third kappa shape index (κ3) is 3.93. The zero-order valence-electron chi connectivity index (χ0n) is 8.77. The highest BCUT2D eigenvalue weighted by atomic mass is 16.5. The maximum Gasteiger partial charge on any atom is 0.311 e. The first kappa shape index (κ1) is 11.9. The number of carbonyl (C=O) groups is 1. The molecule has 1 rings (SSSR count). The summed E-state index contributed by atoms with van der Waals surface area (Å²) in [5.74, 6) is -0.468. The number of rotatable bonds is 5. The van der Waals surface area contributed by atoms with Crippen LogP contribution in [0, 0.1) is 16.7 Å². The summed E-state index contributed by atoms with van der Waals surface area (Å²) >= 11 is 0. The van der Waals surface area contributed by atoms with Crippen molar-refractivity contribution in [1.29, 1.82) is 10.7 Å². The van der Waals surface area contributed by atoms with E-state index in [1.54, 1.807) is 12.1 Å². The van der Waals surface area contributed by atoms with Gasteiger partial charge in [0.2, 0.25) is 0 Å². The molecule has 1 N–H and O–H groups in total. The molecule has 0 aliphatic rings. The van der Waals surface area contributed by atoms with Gasteiger partial charge in [-0.05, 0) is 5.56 Å². The number of hydrogen-bond donors (Lipinski definition) is 1. The van der Waals surface area contributed by atoms with Crippen molar-refractivity contribution in [2.45, 2.75) is 12.8 Å². The molecule has 82 valence electrons. The lowest BCUT2D eigenvalue weighted by Crippen LogP contribution is -2.12. The molecule has 1 aromatic rings. The average Bonchev–Trinajstić information content (AvgIpc) is 2.30. The fraction of sp³-hybridized carbons (Fsp3) is 0.250. The number of carbonyl (C=O) groups excluding carboxylic acids is 1. The van der Waals surface area contributed by atoms with Gasteiger partial charge < -0.3 is 10.1 Å². The molecular formula is C12H12N2O2. The van der Waals surface area contributed by atoms with Gasteiger partial charge in [-0.3, -0.25) is 4.79 Å². The Morgan fingerprint density at radius 2 is 2.06 bits per heavy atom. The molecule has 0 aromatic heterocycles. The van der Waals surface area contributed by atoms with Crippen LogP contribution in [-0.2, 0) is 9.53 Å². The molecule has 0 saturated carbocycles. The second-order valence-corrected chi connectivity index (χ2v) is 3.15. The Hall–Kier alpha value is -2.15. The Morgan fingerprint density at radius 1 is 1.38 bits per heavy atom. The molecule has 0 amide bonds. The largest absolute Gasteiger partial charge is 0.464 e. The van der Waals surface area contributed by atoms with Gasteiger partial charge in [-0.25, -0.2) is 0 Å². The molecule has 0 aliphatic heterocycles. The number of ether oxygens (including phenoxy) is 1. The van der Waals surface area contributed by atoms with Gasteiger partial charge in [0, 0.05) is 5.71 Å². The maximum absolute atomic E-state index is 11.2. The van der Waals surface area contributed by atoms with Crippen LogP contribution in [0.4, 0.5) is 0 Å². The van der Waals surface area contributed by atoms with Crippen LogP contribution in [-0.4, -0.2) is 18.3 Å². The highest BCUT2D eigenvalue weighted by molar-refractivity contribution is 6.07. The number of benzene rings is 1. The summed E-state index contributed by atoms with van der Waals surface area (Å²) in [6.45, 7) is 0.0946. The Labute approximate surface area is 94.0 Å². The van der Waals surface area contributed by atoms with Crippen LogP contribution < -0.4 is 0 Å². The van der Waals surface area contributed by atoms with Crippen molar-refractivity contribution in [3.8, 4) is 6.07 Å². The van der Waals surface area contributed by atoms with Crippen LogP contribution >= 0.6 is 0 Å². The highest BCUT2D eigenvalue weighted by Gasteiger charge is 2.08. The van der Waals surface area contributed by atoms with Gasteiger partial charge in [-0.2, -0.15) is 5.26 Å². The standard InChI is InChI=1S/C12H12N2O2/c13-7-4-8-16-12(15)9-11(14)10-5-2-1-3-6-10/h1-3,5-6,14H,4,8-9H2.